The van der Waals surface area contributed by atoms with Crippen LogP contribution in [-0.4, -0.2) is 4.98 Å². The molecule has 1 heterocycles. The predicted octanol–water partition coefficient (Wildman–Crippen LogP) is 3.76. The van der Waals surface area contributed by atoms with Crippen molar-refractivity contribution in [2.75, 3.05) is 0 Å². The van der Waals surface area contributed by atoms with Crippen LogP contribution in [0.1, 0.15) is 23.2 Å². The molecular weight excluding hydrogens is 267 g/mol. The van der Waals surface area contributed by atoms with Crippen LogP contribution in [0.3, 0.4) is 0 Å². The van der Waals surface area contributed by atoms with Gasteiger partial charge in [-0.2, -0.15) is 18.4 Å². The largest absolute Gasteiger partial charge is 0.419 e. The van der Waals surface area contributed by atoms with Gasteiger partial charge in [0, 0.05) is 11.8 Å². The van der Waals surface area contributed by atoms with Crippen LogP contribution in [-0.2, 0) is 12.6 Å². The molecule has 0 N–H and O–H groups in total. The molecule has 0 saturated carbocycles. The van der Waals surface area contributed by atoms with E-state index in [1.165, 1.54) is 6.07 Å². The Labute approximate surface area is 97.6 Å². The molecule has 2 nitrogen and oxygen atoms in total. The van der Waals surface area contributed by atoms with E-state index in [4.69, 9.17) is 16.9 Å². The first-order chi connectivity index (χ1) is 7.79. The van der Waals surface area contributed by atoms with Crippen LogP contribution < -0.4 is 0 Å². The van der Waals surface area contributed by atoms with Crippen LogP contribution in [0.4, 0.5) is 22.0 Å². The molecule has 1 aromatic heterocycles. The Balaban J connectivity index is 3.45. The molecule has 0 atom stereocenters. The minimum absolute atomic E-state index is 0.241. The maximum atomic E-state index is 12.4. The lowest BCUT2D eigenvalue weighted by Gasteiger charge is -2.13. The summed E-state index contributed by atoms with van der Waals surface area (Å²) < 4.78 is 62.1. The number of aromatic nitrogens is 1. The summed E-state index contributed by atoms with van der Waals surface area (Å²) in [6.07, 6.45) is -8.30. The smallest absolute Gasteiger partial charge is 0.254 e. The summed E-state index contributed by atoms with van der Waals surface area (Å²) in [5.74, 6) is 0. The van der Waals surface area contributed by atoms with Crippen LogP contribution in [0.2, 0.25) is 5.02 Å². The molecule has 17 heavy (non-hydrogen) atoms. The van der Waals surface area contributed by atoms with Crippen molar-refractivity contribution in [2.45, 2.75) is 19.0 Å². The summed E-state index contributed by atoms with van der Waals surface area (Å²) >= 11 is 5.38. The van der Waals surface area contributed by atoms with E-state index >= 15 is 0 Å². The first kappa shape index (κ1) is 13.6. The Hall–Kier alpha value is -1.42. The van der Waals surface area contributed by atoms with Crippen molar-refractivity contribution in [3.63, 3.8) is 0 Å². The van der Waals surface area contributed by atoms with Gasteiger partial charge in [-0.05, 0) is 0 Å². The number of nitriles is 1. The van der Waals surface area contributed by atoms with Crippen molar-refractivity contribution in [1.82, 2.24) is 4.98 Å². The molecule has 0 bridgehead atoms. The summed E-state index contributed by atoms with van der Waals surface area (Å²) in [5.41, 5.74) is -2.81. The normalized spacial score (nSPS) is 11.6. The first-order valence-corrected chi connectivity index (χ1v) is 4.56. The summed E-state index contributed by atoms with van der Waals surface area (Å²) in [5, 5.41) is 7.48. The van der Waals surface area contributed by atoms with E-state index in [1.54, 1.807) is 0 Å². The zero-order chi connectivity index (χ0) is 13.2. The SMILES string of the molecule is N#CCc1c(C(F)F)ncc(C(F)(F)F)c1Cl. The van der Waals surface area contributed by atoms with Crippen molar-refractivity contribution >= 4 is 11.6 Å². The summed E-state index contributed by atoms with van der Waals surface area (Å²) in [4.78, 5) is 3.02. The molecule has 0 aromatic carbocycles. The third kappa shape index (κ3) is 2.82. The van der Waals surface area contributed by atoms with Crippen LogP contribution >= 0.6 is 11.6 Å². The van der Waals surface area contributed by atoms with Gasteiger partial charge in [-0.1, -0.05) is 11.6 Å². The maximum absolute atomic E-state index is 12.4. The highest BCUT2D eigenvalue weighted by Crippen LogP contribution is 2.38. The Morgan fingerprint density at radius 1 is 1.41 bits per heavy atom. The first-order valence-electron chi connectivity index (χ1n) is 4.18. The number of hydrogen-bond acceptors (Lipinski definition) is 2. The Morgan fingerprint density at radius 2 is 2.00 bits per heavy atom. The Morgan fingerprint density at radius 3 is 2.41 bits per heavy atom. The quantitative estimate of drug-likeness (QED) is 0.767. The summed E-state index contributed by atoms with van der Waals surface area (Å²) in [6.45, 7) is 0. The van der Waals surface area contributed by atoms with E-state index in [-0.39, 0.29) is 6.20 Å². The second-order valence-electron chi connectivity index (χ2n) is 2.98. The summed E-state index contributed by atoms with van der Waals surface area (Å²) in [7, 11) is 0. The number of halogens is 6. The van der Waals surface area contributed by atoms with E-state index in [2.05, 4.69) is 4.98 Å². The molecule has 0 aliphatic rings. The molecule has 0 aliphatic heterocycles. The van der Waals surface area contributed by atoms with Gasteiger partial charge in [0.25, 0.3) is 6.43 Å². The van der Waals surface area contributed by atoms with Gasteiger partial charge in [0.15, 0.2) is 0 Å². The van der Waals surface area contributed by atoms with Gasteiger partial charge in [0.1, 0.15) is 5.69 Å². The van der Waals surface area contributed by atoms with Crippen LogP contribution in [0.5, 0.6) is 0 Å². The van der Waals surface area contributed by atoms with E-state index in [9.17, 15) is 22.0 Å². The second-order valence-corrected chi connectivity index (χ2v) is 3.36. The highest BCUT2D eigenvalue weighted by Gasteiger charge is 2.36. The second kappa shape index (κ2) is 4.84. The fourth-order valence-electron chi connectivity index (χ4n) is 1.18. The van der Waals surface area contributed by atoms with E-state index in [0.717, 1.165) is 0 Å². The molecule has 1 rings (SSSR count). The minimum atomic E-state index is -4.80. The van der Waals surface area contributed by atoms with Gasteiger partial charge in [-0.15, -0.1) is 0 Å². The number of hydrogen-bond donors (Lipinski definition) is 0. The molecule has 8 heteroatoms. The van der Waals surface area contributed by atoms with Gasteiger partial charge >= 0.3 is 6.18 Å². The van der Waals surface area contributed by atoms with Crippen molar-refractivity contribution < 1.29 is 22.0 Å². The number of alkyl halides is 5. The average molecular weight is 271 g/mol. The zero-order valence-electron chi connectivity index (χ0n) is 8.02. The molecule has 0 saturated heterocycles. The number of rotatable bonds is 2. The van der Waals surface area contributed by atoms with Gasteiger partial charge in [0.2, 0.25) is 0 Å². The molecule has 1 aromatic rings. The molecule has 0 unspecified atom stereocenters. The highest BCUT2D eigenvalue weighted by atomic mass is 35.5. The molecule has 0 amide bonds. The zero-order valence-corrected chi connectivity index (χ0v) is 8.78. The average Bonchev–Trinajstić information content (AvgIpc) is 2.18. The van der Waals surface area contributed by atoms with Crippen LogP contribution in [0.25, 0.3) is 0 Å². The lowest BCUT2D eigenvalue weighted by molar-refractivity contribution is -0.137. The molecule has 0 fully saturated rings. The molecular formula is C9H4ClF5N2. The third-order valence-electron chi connectivity index (χ3n) is 1.91. The van der Waals surface area contributed by atoms with Crippen molar-refractivity contribution in [1.29, 1.82) is 5.26 Å². The van der Waals surface area contributed by atoms with E-state index in [1.807, 2.05) is 0 Å². The fourth-order valence-corrected chi connectivity index (χ4v) is 1.50. The van der Waals surface area contributed by atoms with Gasteiger partial charge in [-0.3, -0.25) is 4.98 Å². The topological polar surface area (TPSA) is 36.7 Å². The van der Waals surface area contributed by atoms with Crippen LogP contribution in [0.15, 0.2) is 6.20 Å². The monoisotopic (exact) mass is 270 g/mol. The Kier molecular flexibility index (Phi) is 3.88. The van der Waals surface area contributed by atoms with E-state index in [0.29, 0.717) is 0 Å². The highest BCUT2D eigenvalue weighted by molar-refractivity contribution is 6.32. The maximum Gasteiger partial charge on any atom is 0.419 e. The van der Waals surface area contributed by atoms with Crippen molar-refractivity contribution in [3.05, 3.63) is 28.0 Å². The molecule has 0 aliphatic carbocycles. The van der Waals surface area contributed by atoms with Crippen molar-refractivity contribution in [2.24, 2.45) is 0 Å². The third-order valence-corrected chi connectivity index (χ3v) is 2.34. The molecule has 0 radical (unpaired) electrons. The standard InChI is InChI=1S/C9H4ClF5N2/c10-6-4(1-2-16)7(8(11)12)17-3-5(6)9(13,14)15/h3,8H,1H2. The summed E-state index contributed by atoms with van der Waals surface area (Å²) in [6, 6.07) is 1.47. The minimum Gasteiger partial charge on any atom is -0.254 e. The molecule has 92 valence electrons. The number of nitrogens with zero attached hydrogens (tertiary/aromatic N) is 2. The number of pyridine rings is 1. The van der Waals surface area contributed by atoms with E-state index < -0.39 is 40.9 Å². The Bertz CT molecular complexity index is 464. The lowest BCUT2D eigenvalue weighted by atomic mass is 10.1. The fraction of sp³-hybridized carbons (Fsp3) is 0.333. The van der Waals surface area contributed by atoms with Crippen molar-refractivity contribution in [3.8, 4) is 6.07 Å². The van der Waals surface area contributed by atoms with Crippen LogP contribution in [0, 0.1) is 11.3 Å². The van der Waals surface area contributed by atoms with Gasteiger partial charge < -0.3 is 0 Å². The van der Waals surface area contributed by atoms with Gasteiger partial charge in [0.05, 0.1) is 23.1 Å². The molecule has 0 spiro atoms. The van der Waals surface area contributed by atoms with Gasteiger partial charge in [-0.25, -0.2) is 8.78 Å². The predicted molar refractivity (Wildman–Crippen MR) is 48.5 cm³/mol. The lowest BCUT2D eigenvalue weighted by Crippen LogP contribution is -2.11.